The van der Waals surface area contributed by atoms with Crippen molar-refractivity contribution in [2.75, 3.05) is 7.11 Å². The smallest absolute Gasteiger partial charge is 0.307 e. The van der Waals surface area contributed by atoms with E-state index in [0.717, 1.165) is 28.9 Å². The van der Waals surface area contributed by atoms with E-state index in [4.69, 9.17) is 9.84 Å². The first-order chi connectivity index (χ1) is 7.20. The van der Waals surface area contributed by atoms with Gasteiger partial charge in [0, 0.05) is 5.56 Å². The fraction of sp³-hybridized carbons (Fsp3) is 0.250. The molecule has 0 aliphatic heterocycles. The highest BCUT2D eigenvalue weighted by Crippen LogP contribution is 2.33. The second-order valence-electron chi connectivity index (χ2n) is 3.58. The minimum Gasteiger partial charge on any atom is -0.496 e. The van der Waals surface area contributed by atoms with Crippen molar-refractivity contribution in [3.63, 3.8) is 0 Å². The summed E-state index contributed by atoms with van der Waals surface area (Å²) in [6.45, 7) is 0. The van der Waals surface area contributed by atoms with Crippen LogP contribution >= 0.6 is 0 Å². The summed E-state index contributed by atoms with van der Waals surface area (Å²) in [5.74, 6) is 0.0286. The molecule has 0 atom stereocenters. The maximum absolute atomic E-state index is 10.6. The lowest BCUT2D eigenvalue weighted by Crippen LogP contribution is -1.96. The molecule has 0 radical (unpaired) electrons. The molecular formula is C12H12O3. The fourth-order valence-electron chi connectivity index (χ4n) is 1.89. The molecule has 2 rings (SSSR count). The highest BCUT2D eigenvalue weighted by molar-refractivity contribution is 5.77. The first kappa shape index (κ1) is 9.77. The number of carboxylic acid groups (broad SMARTS) is 1. The van der Waals surface area contributed by atoms with Crippen LogP contribution in [0.3, 0.4) is 0 Å². The van der Waals surface area contributed by atoms with Crippen LogP contribution in [0.15, 0.2) is 23.8 Å². The molecule has 0 saturated carbocycles. The van der Waals surface area contributed by atoms with Crippen molar-refractivity contribution in [1.82, 2.24) is 0 Å². The van der Waals surface area contributed by atoms with E-state index in [0.29, 0.717) is 0 Å². The van der Waals surface area contributed by atoms with Crippen molar-refractivity contribution in [1.29, 1.82) is 0 Å². The van der Waals surface area contributed by atoms with Crippen molar-refractivity contribution >= 4 is 12.0 Å². The standard InChI is InChI=1S/C12H12O3/c1-15-11-4-2-3-9-5-8(6-10(9)11)7-12(13)14/h2-4,6H,5,7H2,1H3,(H,13,14). The Morgan fingerprint density at radius 2 is 2.33 bits per heavy atom. The van der Waals surface area contributed by atoms with Gasteiger partial charge >= 0.3 is 5.97 Å². The molecule has 3 heteroatoms. The highest BCUT2D eigenvalue weighted by atomic mass is 16.5. The zero-order chi connectivity index (χ0) is 10.8. The number of aliphatic carboxylic acids is 1. The third-order valence-electron chi connectivity index (χ3n) is 2.52. The fourth-order valence-corrected chi connectivity index (χ4v) is 1.89. The SMILES string of the molecule is COc1cccc2c1C=C(CC(=O)O)C2. The summed E-state index contributed by atoms with van der Waals surface area (Å²) in [4.78, 5) is 10.6. The normalized spacial score (nSPS) is 13.3. The van der Waals surface area contributed by atoms with E-state index in [2.05, 4.69) is 0 Å². The average Bonchev–Trinajstić information content (AvgIpc) is 2.58. The molecule has 0 heterocycles. The lowest BCUT2D eigenvalue weighted by Gasteiger charge is -2.04. The monoisotopic (exact) mass is 204 g/mol. The third kappa shape index (κ3) is 1.86. The topological polar surface area (TPSA) is 46.5 Å². The number of hydrogen-bond donors (Lipinski definition) is 1. The van der Waals surface area contributed by atoms with Crippen molar-refractivity contribution in [3.05, 3.63) is 34.9 Å². The van der Waals surface area contributed by atoms with Crippen LogP contribution in [0.5, 0.6) is 5.75 Å². The predicted octanol–water partition coefficient (Wildman–Crippen LogP) is 2.11. The minimum atomic E-state index is -0.784. The van der Waals surface area contributed by atoms with Gasteiger partial charge in [0.15, 0.2) is 0 Å². The van der Waals surface area contributed by atoms with Gasteiger partial charge < -0.3 is 9.84 Å². The molecule has 78 valence electrons. The summed E-state index contributed by atoms with van der Waals surface area (Å²) < 4.78 is 5.22. The van der Waals surface area contributed by atoms with Crippen LogP contribution in [0.2, 0.25) is 0 Å². The average molecular weight is 204 g/mol. The minimum absolute atomic E-state index is 0.109. The Labute approximate surface area is 88.0 Å². The third-order valence-corrected chi connectivity index (χ3v) is 2.52. The molecule has 1 aliphatic rings. The molecular weight excluding hydrogens is 192 g/mol. The van der Waals surface area contributed by atoms with Gasteiger partial charge in [-0.25, -0.2) is 0 Å². The Kier molecular flexibility index (Phi) is 2.46. The van der Waals surface area contributed by atoms with E-state index in [-0.39, 0.29) is 6.42 Å². The summed E-state index contributed by atoms with van der Waals surface area (Å²) in [5.41, 5.74) is 3.10. The van der Waals surface area contributed by atoms with Crippen molar-refractivity contribution in [3.8, 4) is 5.75 Å². The second kappa shape index (κ2) is 3.77. The number of rotatable bonds is 3. The molecule has 1 aromatic carbocycles. The molecule has 0 fully saturated rings. The lowest BCUT2D eigenvalue weighted by atomic mass is 10.1. The van der Waals surface area contributed by atoms with Gasteiger partial charge in [-0.1, -0.05) is 23.8 Å². The van der Waals surface area contributed by atoms with E-state index in [1.807, 2.05) is 24.3 Å². The number of hydrogen-bond acceptors (Lipinski definition) is 2. The van der Waals surface area contributed by atoms with E-state index >= 15 is 0 Å². The van der Waals surface area contributed by atoms with Crippen LogP contribution in [0, 0.1) is 0 Å². The van der Waals surface area contributed by atoms with Gasteiger partial charge in [0.1, 0.15) is 5.75 Å². The van der Waals surface area contributed by atoms with Crippen molar-refractivity contribution < 1.29 is 14.6 Å². The Bertz CT molecular complexity index is 432. The molecule has 0 bridgehead atoms. The number of carbonyl (C=O) groups is 1. The van der Waals surface area contributed by atoms with E-state index in [1.165, 1.54) is 0 Å². The lowest BCUT2D eigenvalue weighted by molar-refractivity contribution is -0.136. The summed E-state index contributed by atoms with van der Waals surface area (Å²) in [6.07, 6.45) is 2.75. The quantitative estimate of drug-likeness (QED) is 0.820. The largest absolute Gasteiger partial charge is 0.496 e. The number of benzene rings is 1. The zero-order valence-electron chi connectivity index (χ0n) is 8.49. The summed E-state index contributed by atoms with van der Waals surface area (Å²) in [6, 6.07) is 5.82. The van der Waals surface area contributed by atoms with E-state index in [1.54, 1.807) is 7.11 Å². The summed E-state index contributed by atoms with van der Waals surface area (Å²) in [5, 5.41) is 8.71. The Morgan fingerprint density at radius 1 is 1.53 bits per heavy atom. The van der Waals surface area contributed by atoms with Gasteiger partial charge in [0.05, 0.1) is 13.5 Å². The molecule has 15 heavy (non-hydrogen) atoms. The van der Waals surface area contributed by atoms with Gasteiger partial charge in [0.2, 0.25) is 0 Å². The van der Waals surface area contributed by atoms with Gasteiger partial charge in [-0.3, -0.25) is 4.79 Å². The molecule has 1 aromatic rings. The van der Waals surface area contributed by atoms with Crippen LogP contribution < -0.4 is 4.74 Å². The van der Waals surface area contributed by atoms with Crippen LogP contribution in [-0.4, -0.2) is 18.2 Å². The first-order valence-electron chi connectivity index (χ1n) is 4.78. The van der Waals surface area contributed by atoms with Gasteiger partial charge in [0.25, 0.3) is 0 Å². The maximum atomic E-state index is 10.6. The van der Waals surface area contributed by atoms with Gasteiger partial charge in [-0.15, -0.1) is 0 Å². The van der Waals surface area contributed by atoms with Crippen molar-refractivity contribution in [2.45, 2.75) is 12.8 Å². The first-order valence-corrected chi connectivity index (χ1v) is 4.78. The molecule has 1 aliphatic carbocycles. The number of carboxylic acids is 1. The Hall–Kier alpha value is -1.77. The number of fused-ring (bicyclic) bond motifs is 1. The Morgan fingerprint density at radius 3 is 3.00 bits per heavy atom. The molecule has 0 amide bonds. The maximum Gasteiger partial charge on any atom is 0.307 e. The van der Waals surface area contributed by atoms with Crippen LogP contribution in [-0.2, 0) is 11.2 Å². The number of ether oxygens (including phenoxy) is 1. The summed E-state index contributed by atoms with van der Waals surface area (Å²) >= 11 is 0. The Balaban J connectivity index is 2.31. The second-order valence-corrected chi connectivity index (χ2v) is 3.58. The molecule has 0 aromatic heterocycles. The van der Waals surface area contributed by atoms with Crippen molar-refractivity contribution in [2.24, 2.45) is 0 Å². The van der Waals surface area contributed by atoms with Gasteiger partial charge in [-0.2, -0.15) is 0 Å². The zero-order valence-corrected chi connectivity index (χ0v) is 8.49. The molecule has 0 unspecified atom stereocenters. The molecule has 0 saturated heterocycles. The summed E-state index contributed by atoms with van der Waals surface area (Å²) in [7, 11) is 1.62. The van der Waals surface area contributed by atoms with Gasteiger partial charge in [-0.05, 0) is 18.1 Å². The molecule has 0 spiro atoms. The highest BCUT2D eigenvalue weighted by Gasteiger charge is 2.17. The van der Waals surface area contributed by atoms with Crippen LogP contribution in [0.4, 0.5) is 0 Å². The van der Waals surface area contributed by atoms with E-state index in [9.17, 15) is 4.79 Å². The van der Waals surface area contributed by atoms with Crippen LogP contribution in [0.25, 0.3) is 6.08 Å². The van der Waals surface area contributed by atoms with Crippen LogP contribution in [0.1, 0.15) is 17.5 Å². The molecule has 3 nitrogen and oxygen atoms in total. The molecule has 1 N–H and O–H groups in total. The van der Waals surface area contributed by atoms with E-state index < -0.39 is 5.97 Å². The predicted molar refractivity (Wildman–Crippen MR) is 56.9 cm³/mol. The number of methoxy groups -OCH3 is 1.